The van der Waals surface area contributed by atoms with E-state index in [0.29, 0.717) is 6.04 Å². The molecular formula is C13H22N2O2. The van der Waals surface area contributed by atoms with Gasteiger partial charge in [-0.2, -0.15) is 0 Å². The normalized spacial score (nSPS) is 35.3. The van der Waals surface area contributed by atoms with Crippen LogP contribution in [0.2, 0.25) is 0 Å². The Morgan fingerprint density at radius 2 is 2.00 bits per heavy atom. The van der Waals surface area contributed by atoms with Crippen LogP contribution in [0.5, 0.6) is 0 Å². The average molecular weight is 238 g/mol. The summed E-state index contributed by atoms with van der Waals surface area (Å²) in [4.78, 5) is 14.0. The zero-order valence-electron chi connectivity index (χ0n) is 10.4. The van der Waals surface area contributed by atoms with Crippen molar-refractivity contribution in [2.75, 3.05) is 19.6 Å². The fraction of sp³-hybridized carbons (Fsp3) is 0.923. The van der Waals surface area contributed by atoms with Crippen molar-refractivity contribution in [3.8, 4) is 0 Å². The second-order valence-electron chi connectivity index (χ2n) is 5.75. The minimum absolute atomic E-state index is 0.0689. The molecule has 2 heterocycles. The molecule has 4 nitrogen and oxygen atoms in total. The maximum atomic E-state index is 12.0. The van der Waals surface area contributed by atoms with Crippen molar-refractivity contribution in [3.05, 3.63) is 0 Å². The van der Waals surface area contributed by atoms with Gasteiger partial charge in [-0.1, -0.05) is 25.7 Å². The molecule has 0 bridgehead atoms. The van der Waals surface area contributed by atoms with Gasteiger partial charge in [-0.25, -0.2) is 4.79 Å². The van der Waals surface area contributed by atoms with Crippen molar-refractivity contribution >= 4 is 6.09 Å². The highest BCUT2D eigenvalue weighted by atomic mass is 16.6. The Morgan fingerprint density at radius 1 is 1.24 bits per heavy atom. The molecule has 3 aliphatic rings. The van der Waals surface area contributed by atoms with Crippen LogP contribution in [0.3, 0.4) is 0 Å². The quantitative estimate of drug-likeness (QED) is 0.709. The van der Waals surface area contributed by atoms with Gasteiger partial charge in [0.25, 0.3) is 0 Å². The highest BCUT2D eigenvalue weighted by Crippen LogP contribution is 2.33. The van der Waals surface area contributed by atoms with Crippen LogP contribution in [0, 0.1) is 0 Å². The van der Waals surface area contributed by atoms with Gasteiger partial charge in [-0.15, -0.1) is 0 Å². The highest BCUT2D eigenvalue weighted by molar-refractivity contribution is 5.71. The summed E-state index contributed by atoms with van der Waals surface area (Å²) in [5.41, 5.74) is -0.205. The lowest BCUT2D eigenvalue weighted by Gasteiger charge is -2.25. The smallest absolute Gasteiger partial charge is 0.410 e. The predicted octanol–water partition coefficient (Wildman–Crippen LogP) is 1.89. The maximum Gasteiger partial charge on any atom is 0.410 e. The Balaban J connectivity index is 1.68. The van der Waals surface area contributed by atoms with E-state index in [9.17, 15) is 4.79 Å². The number of nitrogens with one attached hydrogen (secondary N) is 1. The van der Waals surface area contributed by atoms with Gasteiger partial charge in [0, 0.05) is 19.0 Å². The van der Waals surface area contributed by atoms with Crippen LogP contribution >= 0.6 is 0 Å². The number of amides is 1. The van der Waals surface area contributed by atoms with Crippen LogP contribution in [0.15, 0.2) is 0 Å². The topological polar surface area (TPSA) is 41.6 Å². The van der Waals surface area contributed by atoms with Crippen molar-refractivity contribution in [2.24, 2.45) is 0 Å². The fourth-order valence-corrected chi connectivity index (χ4v) is 3.44. The molecule has 0 aromatic rings. The molecule has 1 saturated carbocycles. The molecule has 1 N–H and O–H groups in total. The SMILES string of the molecule is O=C1OC2(CCNC2)CN1C1CCCCCC1. The molecule has 0 radical (unpaired) electrons. The van der Waals surface area contributed by atoms with Crippen LogP contribution in [-0.4, -0.2) is 42.3 Å². The Kier molecular flexibility index (Phi) is 2.99. The fourth-order valence-electron chi connectivity index (χ4n) is 3.44. The van der Waals surface area contributed by atoms with Crippen LogP contribution in [0.4, 0.5) is 4.79 Å². The second kappa shape index (κ2) is 4.48. The first-order valence-electron chi connectivity index (χ1n) is 6.99. The van der Waals surface area contributed by atoms with E-state index in [1.165, 1.54) is 38.5 Å². The number of hydrogen-bond acceptors (Lipinski definition) is 3. The molecule has 1 amide bonds. The summed E-state index contributed by atoms with van der Waals surface area (Å²) in [5, 5.41) is 3.31. The lowest BCUT2D eigenvalue weighted by atomic mass is 10.0. The minimum atomic E-state index is -0.205. The molecule has 1 atom stereocenters. The molecule has 3 rings (SSSR count). The molecule has 1 aliphatic carbocycles. The van der Waals surface area contributed by atoms with Gasteiger partial charge in [0.05, 0.1) is 6.54 Å². The van der Waals surface area contributed by atoms with Gasteiger partial charge in [0.1, 0.15) is 5.60 Å². The van der Waals surface area contributed by atoms with Crippen LogP contribution in [0.25, 0.3) is 0 Å². The Hall–Kier alpha value is -0.770. The number of carbonyl (C=O) groups is 1. The van der Waals surface area contributed by atoms with Crippen molar-refractivity contribution < 1.29 is 9.53 Å². The zero-order chi connectivity index (χ0) is 11.7. The third-order valence-electron chi connectivity index (χ3n) is 4.47. The van der Waals surface area contributed by atoms with Crippen molar-refractivity contribution in [1.82, 2.24) is 10.2 Å². The predicted molar refractivity (Wildman–Crippen MR) is 64.9 cm³/mol. The zero-order valence-corrected chi connectivity index (χ0v) is 10.4. The molecule has 1 spiro atoms. The van der Waals surface area contributed by atoms with Crippen LogP contribution < -0.4 is 5.32 Å². The molecule has 96 valence electrons. The summed E-state index contributed by atoms with van der Waals surface area (Å²) in [6, 6.07) is 0.435. The number of ether oxygens (including phenoxy) is 1. The summed E-state index contributed by atoms with van der Waals surface area (Å²) in [7, 11) is 0. The van der Waals surface area contributed by atoms with Crippen molar-refractivity contribution in [2.45, 2.75) is 56.6 Å². The summed E-state index contributed by atoms with van der Waals surface area (Å²) in [5.74, 6) is 0. The Bertz CT molecular complexity index is 292. The number of rotatable bonds is 1. The third kappa shape index (κ3) is 2.15. The van der Waals surface area contributed by atoms with E-state index in [1.807, 2.05) is 4.90 Å². The van der Waals surface area contributed by atoms with Gasteiger partial charge in [-0.3, -0.25) is 0 Å². The minimum Gasteiger partial charge on any atom is -0.439 e. The van der Waals surface area contributed by atoms with Crippen LogP contribution in [0.1, 0.15) is 44.9 Å². The molecular weight excluding hydrogens is 216 g/mol. The summed E-state index contributed by atoms with van der Waals surface area (Å²) in [6.45, 7) is 2.62. The molecule has 0 aromatic carbocycles. The second-order valence-corrected chi connectivity index (χ2v) is 5.75. The lowest BCUT2D eigenvalue weighted by Crippen LogP contribution is -2.40. The van der Waals surface area contributed by atoms with Gasteiger partial charge >= 0.3 is 6.09 Å². The molecule has 0 aromatic heterocycles. The molecule has 17 heavy (non-hydrogen) atoms. The van der Waals surface area contributed by atoms with Gasteiger partial charge in [0.2, 0.25) is 0 Å². The molecule has 1 unspecified atom stereocenters. The lowest BCUT2D eigenvalue weighted by molar-refractivity contribution is 0.0725. The number of carbonyl (C=O) groups excluding carboxylic acids is 1. The van der Waals surface area contributed by atoms with E-state index in [2.05, 4.69) is 5.32 Å². The molecule has 2 aliphatic heterocycles. The van der Waals surface area contributed by atoms with Crippen molar-refractivity contribution in [3.63, 3.8) is 0 Å². The standard InChI is InChI=1S/C13H22N2O2/c16-12-15(11-5-3-1-2-4-6-11)10-13(17-12)7-8-14-9-13/h11,14H,1-10H2. The molecule has 4 heteroatoms. The first-order chi connectivity index (χ1) is 8.29. The number of nitrogens with zero attached hydrogens (tertiary/aromatic N) is 1. The van der Waals surface area contributed by atoms with Gasteiger partial charge in [0.15, 0.2) is 0 Å². The summed E-state index contributed by atoms with van der Waals surface area (Å²) in [6.07, 6.45) is 8.41. The summed E-state index contributed by atoms with van der Waals surface area (Å²) < 4.78 is 5.64. The van der Waals surface area contributed by atoms with E-state index >= 15 is 0 Å². The molecule has 2 saturated heterocycles. The molecule has 3 fully saturated rings. The Labute approximate surface area is 103 Å². The monoisotopic (exact) mass is 238 g/mol. The van der Waals surface area contributed by atoms with E-state index in [-0.39, 0.29) is 11.7 Å². The van der Waals surface area contributed by atoms with Gasteiger partial charge < -0.3 is 15.0 Å². The summed E-state index contributed by atoms with van der Waals surface area (Å²) >= 11 is 0. The van der Waals surface area contributed by atoms with E-state index in [0.717, 1.165) is 26.1 Å². The average Bonchev–Trinajstić information content (AvgIpc) is 2.78. The van der Waals surface area contributed by atoms with E-state index < -0.39 is 0 Å². The first-order valence-corrected chi connectivity index (χ1v) is 6.99. The van der Waals surface area contributed by atoms with Crippen molar-refractivity contribution in [1.29, 1.82) is 0 Å². The number of hydrogen-bond donors (Lipinski definition) is 1. The first kappa shape index (κ1) is 11.3. The third-order valence-corrected chi connectivity index (χ3v) is 4.47. The Morgan fingerprint density at radius 3 is 2.65 bits per heavy atom. The van der Waals surface area contributed by atoms with Crippen LogP contribution in [-0.2, 0) is 4.74 Å². The maximum absolute atomic E-state index is 12.0. The van der Waals surface area contributed by atoms with Gasteiger partial charge in [-0.05, 0) is 19.4 Å². The highest BCUT2D eigenvalue weighted by Gasteiger charge is 2.48. The largest absolute Gasteiger partial charge is 0.439 e. The van der Waals surface area contributed by atoms with E-state index in [4.69, 9.17) is 4.74 Å². The van der Waals surface area contributed by atoms with E-state index in [1.54, 1.807) is 0 Å².